The van der Waals surface area contributed by atoms with Crippen molar-refractivity contribution in [2.24, 2.45) is 0 Å². The van der Waals surface area contributed by atoms with E-state index < -0.39 is 0 Å². The minimum atomic E-state index is 0.510. The van der Waals surface area contributed by atoms with Gasteiger partial charge in [-0.2, -0.15) is 10.1 Å². The van der Waals surface area contributed by atoms with E-state index in [1.54, 1.807) is 0 Å². The molecular formula is C16H23N5O. The molecular weight excluding hydrogens is 278 g/mol. The highest BCUT2D eigenvalue weighted by Gasteiger charge is 2.30. The molecule has 3 heterocycles. The van der Waals surface area contributed by atoms with E-state index in [1.165, 1.54) is 37.7 Å². The maximum absolute atomic E-state index is 5.38. The Morgan fingerprint density at radius 1 is 1.27 bits per heavy atom. The molecule has 0 aromatic carbocycles. The molecule has 2 aliphatic rings. The molecule has 1 saturated carbocycles. The number of hydrogen-bond donors (Lipinski definition) is 0. The first-order valence-electron chi connectivity index (χ1n) is 8.33. The first kappa shape index (κ1) is 13.9. The topological polar surface area (TPSA) is 60.0 Å². The van der Waals surface area contributed by atoms with Crippen molar-refractivity contribution >= 4 is 0 Å². The molecule has 2 fully saturated rings. The second-order valence-corrected chi connectivity index (χ2v) is 6.68. The van der Waals surface area contributed by atoms with Gasteiger partial charge in [-0.05, 0) is 44.7 Å². The van der Waals surface area contributed by atoms with E-state index in [0.717, 1.165) is 31.3 Å². The van der Waals surface area contributed by atoms with E-state index >= 15 is 0 Å². The summed E-state index contributed by atoms with van der Waals surface area (Å²) in [6.07, 6.45) is 10.2. The fourth-order valence-corrected chi connectivity index (χ4v) is 3.27. The van der Waals surface area contributed by atoms with E-state index in [1.807, 2.05) is 6.20 Å². The average Bonchev–Trinajstić information content (AvgIpc) is 3.13. The van der Waals surface area contributed by atoms with Crippen molar-refractivity contribution in [1.29, 1.82) is 0 Å². The Bertz CT molecular complexity index is 630. The van der Waals surface area contributed by atoms with Gasteiger partial charge in [0, 0.05) is 18.2 Å². The second kappa shape index (κ2) is 5.83. The highest BCUT2D eigenvalue weighted by Crippen LogP contribution is 2.38. The number of likely N-dealkylation sites (tertiary alicyclic amines) is 1. The SMILES string of the molecule is Cc1cnn(C[C@@H]2CCCCN2Cc2noc(C3CC3)n2)c1. The molecule has 6 heteroatoms. The molecule has 4 rings (SSSR count). The van der Waals surface area contributed by atoms with Gasteiger partial charge in [0.25, 0.3) is 0 Å². The Labute approximate surface area is 130 Å². The van der Waals surface area contributed by atoms with Gasteiger partial charge in [0.2, 0.25) is 5.89 Å². The summed E-state index contributed by atoms with van der Waals surface area (Å²) >= 11 is 0. The van der Waals surface area contributed by atoms with Gasteiger partial charge in [0.1, 0.15) is 0 Å². The summed E-state index contributed by atoms with van der Waals surface area (Å²) in [7, 11) is 0. The third-order valence-electron chi connectivity index (χ3n) is 4.66. The Hall–Kier alpha value is -1.69. The van der Waals surface area contributed by atoms with Gasteiger partial charge in [0.15, 0.2) is 5.82 Å². The van der Waals surface area contributed by atoms with Crippen molar-refractivity contribution in [1.82, 2.24) is 24.8 Å². The molecule has 1 aliphatic heterocycles. The van der Waals surface area contributed by atoms with Gasteiger partial charge >= 0.3 is 0 Å². The highest BCUT2D eigenvalue weighted by atomic mass is 16.5. The molecule has 2 aromatic rings. The summed E-state index contributed by atoms with van der Waals surface area (Å²) in [5.41, 5.74) is 1.22. The lowest BCUT2D eigenvalue weighted by Crippen LogP contribution is -2.41. The molecule has 6 nitrogen and oxygen atoms in total. The fourth-order valence-electron chi connectivity index (χ4n) is 3.27. The van der Waals surface area contributed by atoms with E-state index in [9.17, 15) is 0 Å². The first-order chi connectivity index (χ1) is 10.8. The summed E-state index contributed by atoms with van der Waals surface area (Å²) < 4.78 is 7.44. The number of nitrogens with zero attached hydrogens (tertiary/aromatic N) is 5. The Morgan fingerprint density at radius 3 is 2.95 bits per heavy atom. The van der Waals surface area contributed by atoms with E-state index in [4.69, 9.17) is 4.52 Å². The number of rotatable bonds is 5. The molecule has 0 amide bonds. The molecule has 118 valence electrons. The van der Waals surface area contributed by atoms with Crippen molar-refractivity contribution in [3.63, 3.8) is 0 Å². The Morgan fingerprint density at radius 2 is 2.18 bits per heavy atom. The quantitative estimate of drug-likeness (QED) is 0.849. The van der Waals surface area contributed by atoms with Crippen molar-refractivity contribution in [2.75, 3.05) is 6.54 Å². The van der Waals surface area contributed by atoms with Gasteiger partial charge in [-0.3, -0.25) is 9.58 Å². The second-order valence-electron chi connectivity index (χ2n) is 6.68. The minimum absolute atomic E-state index is 0.510. The lowest BCUT2D eigenvalue weighted by atomic mass is 10.0. The predicted molar refractivity (Wildman–Crippen MR) is 81.3 cm³/mol. The lowest BCUT2D eigenvalue weighted by Gasteiger charge is -2.34. The van der Waals surface area contributed by atoms with Crippen LogP contribution in [0.4, 0.5) is 0 Å². The smallest absolute Gasteiger partial charge is 0.229 e. The van der Waals surface area contributed by atoms with Gasteiger partial charge in [-0.15, -0.1) is 0 Å². The van der Waals surface area contributed by atoms with E-state index in [2.05, 4.69) is 37.9 Å². The van der Waals surface area contributed by atoms with Crippen LogP contribution in [-0.2, 0) is 13.1 Å². The van der Waals surface area contributed by atoms with E-state index in [-0.39, 0.29) is 0 Å². The molecule has 0 spiro atoms. The van der Waals surface area contributed by atoms with Crippen LogP contribution in [-0.4, -0.2) is 37.4 Å². The third kappa shape index (κ3) is 3.06. The standard InChI is InChI=1S/C16H23N5O/c1-12-8-17-21(9-12)10-14-4-2-3-7-20(14)11-15-18-16(22-19-15)13-5-6-13/h8-9,13-14H,2-7,10-11H2,1H3/t14-/m0/s1. The van der Waals surface area contributed by atoms with Gasteiger partial charge in [-0.1, -0.05) is 11.6 Å². The Balaban J connectivity index is 1.42. The van der Waals surface area contributed by atoms with Crippen LogP contribution in [0.3, 0.4) is 0 Å². The summed E-state index contributed by atoms with van der Waals surface area (Å²) in [6.45, 7) is 4.93. The van der Waals surface area contributed by atoms with Crippen LogP contribution in [0.5, 0.6) is 0 Å². The molecule has 1 saturated heterocycles. The van der Waals surface area contributed by atoms with Crippen LogP contribution < -0.4 is 0 Å². The van der Waals surface area contributed by atoms with Crippen LogP contribution in [0, 0.1) is 6.92 Å². The van der Waals surface area contributed by atoms with Gasteiger partial charge < -0.3 is 4.52 Å². The van der Waals surface area contributed by atoms with Crippen LogP contribution in [0.1, 0.15) is 55.3 Å². The fraction of sp³-hybridized carbons (Fsp3) is 0.688. The summed E-state index contributed by atoms with van der Waals surface area (Å²) in [5.74, 6) is 2.21. The van der Waals surface area contributed by atoms with Crippen molar-refractivity contribution in [3.05, 3.63) is 29.7 Å². The Kier molecular flexibility index (Phi) is 3.70. The third-order valence-corrected chi connectivity index (χ3v) is 4.66. The number of aryl methyl sites for hydroxylation is 1. The largest absolute Gasteiger partial charge is 0.339 e. The van der Waals surface area contributed by atoms with E-state index in [0.29, 0.717) is 12.0 Å². The molecule has 22 heavy (non-hydrogen) atoms. The molecule has 0 radical (unpaired) electrons. The number of piperidine rings is 1. The molecule has 1 atom stereocenters. The van der Waals surface area contributed by atoms with Gasteiger partial charge in [-0.25, -0.2) is 0 Å². The average molecular weight is 301 g/mol. The van der Waals surface area contributed by atoms with Crippen molar-refractivity contribution < 1.29 is 4.52 Å². The highest BCUT2D eigenvalue weighted by molar-refractivity contribution is 5.02. The van der Waals surface area contributed by atoms with Crippen LogP contribution in [0.25, 0.3) is 0 Å². The van der Waals surface area contributed by atoms with Crippen LogP contribution in [0.15, 0.2) is 16.9 Å². The number of aromatic nitrogens is 4. The molecule has 0 bridgehead atoms. The molecule has 0 unspecified atom stereocenters. The predicted octanol–water partition coefficient (Wildman–Crippen LogP) is 2.51. The minimum Gasteiger partial charge on any atom is -0.339 e. The van der Waals surface area contributed by atoms with Crippen molar-refractivity contribution in [2.45, 2.75) is 64.1 Å². The maximum atomic E-state index is 5.38. The molecule has 1 aliphatic carbocycles. The molecule has 2 aromatic heterocycles. The van der Waals surface area contributed by atoms with Gasteiger partial charge in [0.05, 0.1) is 19.3 Å². The van der Waals surface area contributed by atoms with Crippen LogP contribution in [0.2, 0.25) is 0 Å². The van der Waals surface area contributed by atoms with Crippen LogP contribution >= 0.6 is 0 Å². The zero-order valence-corrected chi connectivity index (χ0v) is 13.1. The number of hydrogen-bond acceptors (Lipinski definition) is 5. The summed E-state index contributed by atoms with van der Waals surface area (Å²) in [6, 6.07) is 0.510. The molecule has 0 N–H and O–H groups in total. The zero-order chi connectivity index (χ0) is 14.9. The zero-order valence-electron chi connectivity index (χ0n) is 13.1. The normalized spacial score (nSPS) is 23.0. The monoisotopic (exact) mass is 301 g/mol. The lowest BCUT2D eigenvalue weighted by molar-refractivity contribution is 0.117. The van der Waals surface area contributed by atoms with Crippen molar-refractivity contribution in [3.8, 4) is 0 Å². The maximum Gasteiger partial charge on any atom is 0.229 e. The summed E-state index contributed by atoms with van der Waals surface area (Å²) in [4.78, 5) is 7.06. The summed E-state index contributed by atoms with van der Waals surface area (Å²) in [5, 5.41) is 8.59. The first-order valence-corrected chi connectivity index (χ1v) is 8.33.